The predicted octanol–water partition coefficient (Wildman–Crippen LogP) is 9.23. The highest BCUT2D eigenvalue weighted by molar-refractivity contribution is 7.44. The van der Waals surface area contributed by atoms with Gasteiger partial charge in [0.25, 0.3) is 14.4 Å². The number of hydrogen-bond donors (Lipinski definition) is 1. The van der Waals surface area contributed by atoms with Gasteiger partial charge in [-0.2, -0.15) is 5.26 Å². The van der Waals surface area contributed by atoms with Gasteiger partial charge >= 0.3 is 0 Å². The Bertz CT molecular complexity index is 2170. The van der Waals surface area contributed by atoms with Gasteiger partial charge in [-0.3, -0.25) is 4.79 Å². The number of carbonyl (C=O) groups is 1. The molecule has 3 heterocycles. The highest BCUT2D eigenvalue weighted by Crippen LogP contribution is 2.57. The summed E-state index contributed by atoms with van der Waals surface area (Å²) in [5, 5.41) is 12.3. The molecule has 1 unspecified atom stereocenters. The van der Waals surface area contributed by atoms with Gasteiger partial charge in [-0.25, -0.2) is 9.65 Å². The van der Waals surface area contributed by atoms with Crippen LogP contribution in [0.5, 0.6) is 11.5 Å². The van der Waals surface area contributed by atoms with E-state index in [0.29, 0.717) is 22.9 Å². The Labute approximate surface area is 359 Å². The van der Waals surface area contributed by atoms with E-state index in [0.717, 1.165) is 22.3 Å². The molecule has 1 amide bonds. The standard InChI is InChI=1S/C48H53N4O8P/c1-33(2)52(34(3)4)61(58-29-13-28-49)60-45-44-43(36-18-27-42(50-30-36)51-46(53)35-14-9-7-10-15-35)59-47(45,31-56-44)32-57-48(37-16-11-8-12-17-37,38-19-23-40(54-5)24-20-38)39-21-25-41(55-6)26-22-39/h7-12,14-27,30,33-34,43-45H,13,29,31-32H2,1-6H3,(H,50,51,53)/t43-,44-,45-,47+,61?/m0/s1. The summed E-state index contributed by atoms with van der Waals surface area (Å²) in [5.41, 5.74) is 1.64. The number of rotatable bonds is 19. The van der Waals surface area contributed by atoms with Gasteiger partial charge in [-0.1, -0.05) is 78.9 Å². The van der Waals surface area contributed by atoms with E-state index in [4.69, 9.17) is 32.7 Å². The molecule has 5 aromatic rings. The summed E-state index contributed by atoms with van der Waals surface area (Å²) in [5.74, 6) is 1.57. The first-order valence-electron chi connectivity index (χ1n) is 20.5. The highest BCUT2D eigenvalue weighted by Gasteiger charge is 2.64. The maximum atomic E-state index is 12.9. The Kier molecular flexibility index (Phi) is 14.1. The Morgan fingerprint density at radius 1 is 0.869 bits per heavy atom. The third-order valence-electron chi connectivity index (χ3n) is 11.0. The minimum absolute atomic E-state index is 0.0426. The largest absolute Gasteiger partial charge is 0.497 e. The number of fused-ring (bicyclic) bond motifs is 2. The fourth-order valence-electron chi connectivity index (χ4n) is 8.07. The lowest BCUT2D eigenvalue weighted by atomic mass is 9.79. The monoisotopic (exact) mass is 844 g/mol. The van der Waals surface area contributed by atoms with Crippen LogP contribution in [0.3, 0.4) is 0 Å². The number of anilines is 1. The molecule has 0 saturated carbocycles. The van der Waals surface area contributed by atoms with E-state index < -0.39 is 38.0 Å². The molecule has 0 radical (unpaired) electrons. The average molecular weight is 845 g/mol. The normalized spacial score (nSPS) is 20.2. The van der Waals surface area contributed by atoms with Gasteiger partial charge in [0, 0.05) is 29.4 Å². The van der Waals surface area contributed by atoms with E-state index in [1.165, 1.54) is 0 Å². The van der Waals surface area contributed by atoms with Crippen LogP contribution < -0.4 is 14.8 Å². The Balaban J connectivity index is 1.29. The van der Waals surface area contributed by atoms with Gasteiger partial charge < -0.3 is 38.0 Å². The van der Waals surface area contributed by atoms with Crippen molar-refractivity contribution in [2.24, 2.45) is 0 Å². The molecule has 12 nitrogen and oxygen atoms in total. The van der Waals surface area contributed by atoms with Crippen molar-refractivity contribution in [1.82, 2.24) is 9.65 Å². The maximum absolute atomic E-state index is 12.9. The summed E-state index contributed by atoms with van der Waals surface area (Å²) in [7, 11) is 1.59. The van der Waals surface area contributed by atoms with E-state index >= 15 is 0 Å². The minimum atomic E-state index is -1.70. The first-order valence-corrected chi connectivity index (χ1v) is 21.6. The molecule has 13 heteroatoms. The lowest BCUT2D eigenvalue weighted by Crippen LogP contribution is -2.49. The quantitative estimate of drug-likeness (QED) is 0.0485. The molecule has 0 aliphatic carbocycles. The summed E-state index contributed by atoms with van der Waals surface area (Å²) in [6.45, 7) is 8.84. The van der Waals surface area contributed by atoms with Crippen LogP contribution in [0.4, 0.5) is 5.82 Å². The molecule has 1 aromatic heterocycles. The van der Waals surface area contributed by atoms with Gasteiger partial charge in [0.05, 0.1) is 46.5 Å². The van der Waals surface area contributed by atoms with E-state index in [2.05, 4.69) is 60.9 Å². The molecule has 61 heavy (non-hydrogen) atoms. The van der Waals surface area contributed by atoms with Gasteiger partial charge in [0.15, 0.2) is 0 Å². The van der Waals surface area contributed by atoms with Crippen molar-refractivity contribution >= 4 is 20.3 Å². The van der Waals surface area contributed by atoms with Crippen molar-refractivity contribution in [1.29, 1.82) is 5.26 Å². The summed E-state index contributed by atoms with van der Waals surface area (Å²) in [6.07, 6.45) is 0.0681. The second-order valence-corrected chi connectivity index (χ2v) is 16.9. The zero-order chi connectivity index (χ0) is 43.0. The Morgan fingerprint density at radius 2 is 1.46 bits per heavy atom. The number of nitrogens with one attached hydrogen (secondary N) is 1. The van der Waals surface area contributed by atoms with Gasteiger partial charge in [-0.15, -0.1) is 0 Å². The molecule has 4 aromatic carbocycles. The predicted molar refractivity (Wildman–Crippen MR) is 233 cm³/mol. The van der Waals surface area contributed by atoms with E-state index in [-0.39, 0.29) is 44.2 Å². The van der Waals surface area contributed by atoms with E-state index in [9.17, 15) is 10.1 Å². The first kappa shape index (κ1) is 43.9. The third kappa shape index (κ3) is 9.35. The molecule has 1 N–H and O–H groups in total. The zero-order valence-corrected chi connectivity index (χ0v) is 36.3. The van der Waals surface area contributed by atoms with Crippen LogP contribution in [0.2, 0.25) is 0 Å². The molecular formula is C48H53N4O8P. The minimum Gasteiger partial charge on any atom is -0.497 e. The fraction of sp³-hybridized carbons (Fsp3) is 0.354. The second kappa shape index (κ2) is 19.7. The van der Waals surface area contributed by atoms with Crippen molar-refractivity contribution < 1.29 is 37.5 Å². The number of nitriles is 1. The van der Waals surface area contributed by atoms with Crippen LogP contribution in [-0.2, 0) is 28.9 Å². The smallest absolute Gasteiger partial charge is 0.259 e. The average Bonchev–Trinajstić information content (AvgIpc) is 3.78. The highest BCUT2D eigenvalue weighted by atomic mass is 31.2. The van der Waals surface area contributed by atoms with Crippen molar-refractivity contribution in [2.75, 3.05) is 39.4 Å². The van der Waals surface area contributed by atoms with E-state index in [1.807, 2.05) is 91.0 Å². The number of methoxy groups -OCH3 is 2. The van der Waals surface area contributed by atoms with Crippen molar-refractivity contribution in [3.63, 3.8) is 0 Å². The molecule has 318 valence electrons. The summed E-state index contributed by atoms with van der Waals surface area (Å²) in [6, 6.07) is 40.8. The van der Waals surface area contributed by atoms with Crippen LogP contribution in [-0.4, -0.2) is 79.5 Å². The number of amides is 1. The van der Waals surface area contributed by atoms with Crippen LogP contribution in [0.1, 0.15) is 72.8 Å². The van der Waals surface area contributed by atoms with Gasteiger partial charge in [0.2, 0.25) is 0 Å². The summed E-state index contributed by atoms with van der Waals surface area (Å²) in [4.78, 5) is 17.6. The number of aromatic nitrogens is 1. The molecule has 2 fully saturated rings. The fourth-order valence-corrected chi connectivity index (χ4v) is 9.88. The maximum Gasteiger partial charge on any atom is 0.259 e. The molecule has 5 atom stereocenters. The topological polar surface area (TPSA) is 134 Å². The van der Waals surface area contributed by atoms with Crippen molar-refractivity contribution in [3.05, 3.63) is 155 Å². The SMILES string of the molecule is COc1ccc(C(OC[C@@]23CO[C@@H]([C@H](c4ccc(NC(=O)c5ccccc5)nc4)O2)[C@@H]3OP(OCCC#N)N(C(C)C)C(C)C)(c2ccccc2)c2ccc(OC)cc2)cc1. The number of nitrogens with zero attached hydrogens (tertiary/aromatic N) is 3. The van der Waals surface area contributed by atoms with Crippen LogP contribution in [0.25, 0.3) is 0 Å². The summed E-state index contributed by atoms with van der Waals surface area (Å²) < 4.78 is 48.3. The van der Waals surface area contributed by atoms with Gasteiger partial charge in [0.1, 0.15) is 46.8 Å². The lowest BCUT2D eigenvalue weighted by Gasteiger charge is -2.41. The zero-order valence-electron chi connectivity index (χ0n) is 35.4. The summed E-state index contributed by atoms with van der Waals surface area (Å²) >= 11 is 0. The molecular weight excluding hydrogens is 792 g/mol. The third-order valence-corrected chi connectivity index (χ3v) is 13.1. The molecule has 2 aliphatic rings. The van der Waals surface area contributed by atoms with Crippen LogP contribution in [0.15, 0.2) is 128 Å². The molecule has 0 spiro atoms. The number of hydrogen-bond acceptors (Lipinski definition) is 11. The Morgan fingerprint density at radius 3 is 2.00 bits per heavy atom. The van der Waals surface area contributed by atoms with Crippen LogP contribution >= 0.6 is 8.53 Å². The molecule has 7 rings (SSSR count). The first-order chi connectivity index (χ1) is 29.6. The van der Waals surface area contributed by atoms with Crippen molar-refractivity contribution in [3.8, 4) is 17.6 Å². The second-order valence-electron chi connectivity index (χ2n) is 15.5. The molecule has 2 aliphatic heterocycles. The lowest BCUT2D eigenvalue weighted by molar-refractivity contribution is -0.184. The van der Waals surface area contributed by atoms with E-state index in [1.54, 1.807) is 38.6 Å². The van der Waals surface area contributed by atoms with Crippen LogP contribution in [0, 0.1) is 11.3 Å². The van der Waals surface area contributed by atoms with Gasteiger partial charge in [-0.05, 0) is 86.8 Å². The molecule has 2 bridgehead atoms. The number of carbonyl (C=O) groups excluding carboxylic acids is 1. The Hall–Kier alpha value is -5.22. The molecule has 2 saturated heterocycles. The van der Waals surface area contributed by atoms with Crippen molar-refractivity contribution in [2.45, 2.75) is 75.7 Å². The number of ether oxygens (including phenoxy) is 5. The number of benzene rings is 4. The number of pyridine rings is 1.